The molecule has 106 valence electrons. The first-order chi connectivity index (χ1) is 8.99. The predicted octanol–water partition coefficient (Wildman–Crippen LogP) is 3.17. The lowest BCUT2D eigenvalue weighted by Crippen LogP contribution is -2.34. The Labute approximate surface area is 116 Å². The Hall–Kier alpha value is -1.45. The lowest BCUT2D eigenvalue weighted by Gasteiger charge is -2.21. The number of amides is 1. The van der Waals surface area contributed by atoms with Crippen LogP contribution in [0.3, 0.4) is 0 Å². The fourth-order valence-electron chi connectivity index (χ4n) is 1.98. The number of aromatic nitrogens is 2. The molecule has 0 bridgehead atoms. The molecule has 1 aromatic rings. The molecule has 0 N–H and O–H groups in total. The maximum absolute atomic E-state index is 12.5. The fraction of sp³-hybridized carbons (Fsp3) is 0.667. The zero-order valence-corrected chi connectivity index (χ0v) is 12.7. The van der Waals surface area contributed by atoms with Crippen molar-refractivity contribution in [2.24, 2.45) is 0 Å². The van der Waals surface area contributed by atoms with Gasteiger partial charge in [0.05, 0.1) is 0 Å². The van der Waals surface area contributed by atoms with Gasteiger partial charge in [0.1, 0.15) is 0 Å². The third-order valence-electron chi connectivity index (χ3n) is 2.93. The topological polar surface area (TPSA) is 46.1 Å². The van der Waals surface area contributed by atoms with E-state index in [2.05, 4.69) is 37.7 Å². The van der Waals surface area contributed by atoms with E-state index in [1.54, 1.807) is 0 Å². The second kappa shape index (κ2) is 7.22. The quantitative estimate of drug-likeness (QED) is 0.792. The van der Waals surface area contributed by atoms with Crippen LogP contribution in [0.4, 0.5) is 0 Å². The lowest BCUT2D eigenvalue weighted by atomic mass is 10.1. The van der Waals surface area contributed by atoms with E-state index in [4.69, 9.17) is 0 Å². The van der Waals surface area contributed by atoms with Crippen LogP contribution in [0.25, 0.3) is 0 Å². The van der Waals surface area contributed by atoms with Gasteiger partial charge in [0, 0.05) is 24.5 Å². The van der Waals surface area contributed by atoms with Crippen molar-refractivity contribution < 1.29 is 4.79 Å². The minimum absolute atomic E-state index is 0.0469. The van der Waals surface area contributed by atoms with Crippen molar-refractivity contribution in [3.63, 3.8) is 0 Å². The van der Waals surface area contributed by atoms with Crippen molar-refractivity contribution in [1.82, 2.24) is 14.9 Å². The second-order valence-corrected chi connectivity index (χ2v) is 5.20. The summed E-state index contributed by atoms with van der Waals surface area (Å²) in [5.74, 6) is 0.596. The molecule has 0 aliphatic rings. The maximum atomic E-state index is 12.5. The summed E-state index contributed by atoms with van der Waals surface area (Å²) in [6, 6.07) is 1.95. The molecule has 0 atom stereocenters. The smallest absolute Gasteiger partial charge is 0.291 e. The van der Waals surface area contributed by atoms with Gasteiger partial charge in [0.2, 0.25) is 5.82 Å². The van der Waals surface area contributed by atoms with E-state index >= 15 is 0 Å². The normalized spacial score (nSPS) is 10.8. The molecule has 1 rings (SSSR count). The molecule has 0 spiro atoms. The molecule has 19 heavy (non-hydrogen) atoms. The third kappa shape index (κ3) is 4.30. The number of hydrogen-bond acceptors (Lipinski definition) is 3. The molecule has 4 heteroatoms. The van der Waals surface area contributed by atoms with Gasteiger partial charge in [-0.05, 0) is 31.7 Å². The first-order valence-corrected chi connectivity index (χ1v) is 7.14. The lowest BCUT2D eigenvalue weighted by molar-refractivity contribution is 0.0742. The fourth-order valence-corrected chi connectivity index (χ4v) is 1.98. The Balaban J connectivity index is 3.02. The Kier molecular flexibility index (Phi) is 5.93. The zero-order valence-electron chi connectivity index (χ0n) is 12.7. The summed E-state index contributed by atoms with van der Waals surface area (Å²) in [7, 11) is 0. The molecule has 4 nitrogen and oxygen atoms in total. The average molecular weight is 263 g/mol. The van der Waals surface area contributed by atoms with Crippen molar-refractivity contribution in [3.05, 3.63) is 23.3 Å². The molecule has 0 radical (unpaired) electrons. The molecule has 0 aliphatic heterocycles. The summed E-state index contributed by atoms with van der Waals surface area (Å²) >= 11 is 0. The van der Waals surface area contributed by atoms with E-state index in [-0.39, 0.29) is 5.91 Å². The predicted molar refractivity (Wildman–Crippen MR) is 77.3 cm³/mol. The maximum Gasteiger partial charge on any atom is 0.291 e. The van der Waals surface area contributed by atoms with E-state index < -0.39 is 0 Å². The second-order valence-electron chi connectivity index (χ2n) is 5.20. The van der Waals surface area contributed by atoms with Gasteiger partial charge in [-0.1, -0.05) is 27.7 Å². The zero-order chi connectivity index (χ0) is 14.4. The van der Waals surface area contributed by atoms with E-state index in [1.807, 2.05) is 17.9 Å². The Bertz CT molecular complexity index is 423. The largest absolute Gasteiger partial charge is 0.336 e. The van der Waals surface area contributed by atoms with Crippen LogP contribution < -0.4 is 0 Å². The molecular formula is C15H25N3O. The molecule has 0 saturated carbocycles. The summed E-state index contributed by atoms with van der Waals surface area (Å²) in [6.45, 7) is 11.7. The molecule has 1 amide bonds. The van der Waals surface area contributed by atoms with E-state index in [9.17, 15) is 4.79 Å². The highest BCUT2D eigenvalue weighted by Crippen LogP contribution is 2.13. The summed E-state index contributed by atoms with van der Waals surface area (Å²) in [6.07, 6.45) is 1.91. The Morgan fingerprint density at radius 1 is 1.21 bits per heavy atom. The molecular weight excluding hydrogens is 238 g/mol. The standard InChI is InChI=1S/C15H25N3O/c1-6-8-18(9-7-2)15(19)14-16-12(5)10-13(17-14)11(3)4/h10-11H,6-9H2,1-5H3. The number of aryl methyl sites for hydroxylation is 1. The average Bonchev–Trinajstić information content (AvgIpc) is 2.37. The minimum Gasteiger partial charge on any atom is -0.336 e. The number of nitrogens with zero attached hydrogens (tertiary/aromatic N) is 3. The SMILES string of the molecule is CCCN(CCC)C(=O)c1nc(C)cc(C(C)C)n1. The first-order valence-electron chi connectivity index (χ1n) is 7.14. The van der Waals surface area contributed by atoms with Gasteiger partial charge in [0.15, 0.2) is 0 Å². The van der Waals surface area contributed by atoms with Crippen LogP contribution in [0.5, 0.6) is 0 Å². The third-order valence-corrected chi connectivity index (χ3v) is 2.93. The van der Waals surface area contributed by atoms with Gasteiger partial charge < -0.3 is 4.90 Å². The molecule has 0 unspecified atom stereocenters. The molecule has 0 fully saturated rings. The molecule has 1 aromatic heterocycles. The summed E-state index contributed by atoms with van der Waals surface area (Å²) in [4.78, 5) is 23.0. The van der Waals surface area contributed by atoms with Crippen molar-refractivity contribution >= 4 is 5.91 Å². The van der Waals surface area contributed by atoms with E-state index in [0.29, 0.717) is 11.7 Å². The number of carbonyl (C=O) groups excluding carboxylic acids is 1. The molecule has 0 aromatic carbocycles. The highest BCUT2D eigenvalue weighted by molar-refractivity contribution is 5.90. The molecule has 1 heterocycles. The van der Waals surface area contributed by atoms with Crippen LogP contribution >= 0.6 is 0 Å². The van der Waals surface area contributed by atoms with Gasteiger partial charge in [-0.25, -0.2) is 9.97 Å². The first kappa shape index (κ1) is 15.6. The van der Waals surface area contributed by atoms with E-state index in [1.165, 1.54) is 0 Å². The molecule has 0 saturated heterocycles. The van der Waals surface area contributed by atoms with Crippen LogP contribution in [-0.4, -0.2) is 33.9 Å². The number of hydrogen-bond donors (Lipinski definition) is 0. The number of carbonyl (C=O) groups is 1. The van der Waals surface area contributed by atoms with Crippen molar-refractivity contribution in [1.29, 1.82) is 0 Å². The van der Waals surface area contributed by atoms with Crippen molar-refractivity contribution in [2.75, 3.05) is 13.1 Å². The summed E-state index contributed by atoms with van der Waals surface area (Å²) < 4.78 is 0. The van der Waals surface area contributed by atoms with Gasteiger partial charge in [-0.15, -0.1) is 0 Å². The van der Waals surface area contributed by atoms with Gasteiger partial charge >= 0.3 is 0 Å². The van der Waals surface area contributed by atoms with E-state index in [0.717, 1.165) is 37.3 Å². The Morgan fingerprint density at radius 3 is 2.26 bits per heavy atom. The van der Waals surface area contributed by atoms with Gasteiger partial charge in [0.25, 0.3) is 5.91 Å². The summed E-state index contributed by atoms with van der Waals surface area (Å²) in [5.41, 5.74) is 1.79. The van der Waals surface area contributed by atoms with Crippen LogP contribution in [0.2, 0.25) is 0 Å². The van der Waals surface area contributed by atoms with Gasteiger partial charge in [-0.2, -0.15) is 0 Å². The van der Waals surface area contributed by atoms with Crippen LogP contribution in [0.15, 0.2) is 6.07 Å². The Morgan fingerprint density at radius 2 is 1.79 bits per heavy atom. The van der Waals surface area contributed by atoms with Crippen molar-refractivity contribution in [3.8, 4) is 0 Å². The minimum atomic E-state index is -0.0469. The monoisotopic (exact) mass is 263 g/mol. The van der Waals surface area contributed by atoms with Crippen LogP contribution in [0, 0.1) is 6.92 Å². The van der Waals surface area contributed by atoms with Gasteiger partial charge in [-0.3, -0.25) is 4.79 Å². The summed E-state index contributed by atoms with van der Waals surface area (Å²) in [5, 5.41) is 0. The highest BCUT2D eigenvalue weighted by Gasteiger charge is 2.18. The van der Waals surface area contributed by atoms with Crippen LogP contribution in [0.1, 0.15) is 68.5 Å². The van der Waals surface area contributed by atoms with Crippen LogP contribution in [-0.2, 0) is 0 Å². The highest BCUT2D eigenvalue weighted by atomic mass is 16.2. The number of rotatable bonds is 6. The molecule has 0 aliphatic carbocycles. The van der Waals surface area contributed by atoms with Crippen molar-refractivity contribution in [2.45, 2.75) is 53.4 Å².